The van der Waals surface area contributed by atoms with Crippen molar-refractivity contribution in [2.24, 2.45) is 0 Å². The largest absolute Gasteiger partial charge is 0.507 e. The van der Waals surface area contributed by atoms with E-state index in [1.54, 1.807) is 24.4 Å². The van der Waals surface area contributed by atoms with E-state index in [-0.39, 0.29) is 5.75 Å². The van der Waals surface area contributed by atoms with E-state index in [9.17, 15) is 5.11 Å². The van der Waals surface area contributed by atoms with Gasteiger partial charge < -0.3 is 10.1 Å². The maximum atomic E-state index is 9.69. The first-order valence-electron chi connectivity index (χ1n) is 4.79. The highest BCUT2D eigenvalue weighted by Crippen LogP contribution is 2.27. The second-order valence-electron chi connectivity index (χ2n) is 3.36. The van der Waals surface area contributed by atoms with Gasteiger partial charge in [-0.1, -0.05) is 12.1 Å². The average molecular weight is 212 g/mol. The van der Waals surface area contributed by atoms with Gasteiger partial charge in [-0.25, -0.2) is 15.0 Å². The molecule has 0 amide bonds. The molecule has 78 valence electrons. The number of para-hydroxylation sites is 1. The number of imidazole rings is 1. The van der Waals surface area contributed by atoms with E-state index in [0.29, 0.717) is 17.0 Å². The predicted molar refractivity (Wildman–Crippen MR) is 58.8 cm³/mol. The van der Waals surface area contributed by atoms with Gasteiger partial charge in [0.05, 0.1) is 11.8 Å². The van der Waals surface area contributed by atoms with E-state index in [4.69, 9.17) is 0 Å². The van der Waals surface area contributed by atoms with Gasteiger partial charge in [0, 0.05) is 0 Å². The minimum absolute atomic E-state index is 0.189. The van der Waals surface area contributed by atoms with Crippen molar-refractivity contribution < 1.29 is 5.11 Å². The zero-order valence-corrected chi connectivity index (χ0v) is 8.25. The van der Waals surface area contributed by atoms with Crippen molar-refractivity contribution >= 4 is 11.2 Å². The van der Waals surface area contributed by atoms with Crippen LogP contribution in [0.4, 0.5) is 0 Å². The number of hydrogen-bond donors (Lipinski definition) is 2. The van der Waals surface area contributed by atoms with E-state index in [0.717, 1.165) is 5.52 Å². The fraction of sp³-hybridized carbons (Fsp3) is 0. The number of H-pyrrole nitrogens is 1. The first-order chi connectivity index (χ1) is 7.84. The molecule has 0 aliphatic heterocycles. The molecule has 0 aliphatic rings. The number of phenols is 1. The molecule has 3 aromatic rings. The Morgan fingerprint density at radius 1 is 1.19 bits per heavy atom. The van der Waals surface area contributed by atoms with Crippen LogP contribution in [0.2, 0.25) is 0 Å². The summed E-state index contributed by atoms with van der Waals surface area (Å²) in [6, 6.07) is 7.02. The van der Waals surface area contributed by atoms with Crippen molar-refractivity contribution in [3.63, 3.8) is 0 Å². The molecular formula is C11H8N4O. The Morgan fingerprint density at radius 3 is 2.88 bits per heavy atom. The molecule has 0 fully saturated rings. The molecule has 0 unspecified atom stereocenters. The van der Waals surface area contributed by atoms with Crippen molar-refractivity contribution in [2.45, 2.75) is 0 Å². The Kier molecular flexibility index (Phi) is 1.83. The lowest BCUT2D eigenvalue weighted by atomic mass is 10.2. The number of rotatable bonds is 1. The zero-order chi connectivity index (χ0) is 11.0. The standard InChI is InChI=1S/C11H8N4O/c16-9-4-2-1-3-7(9)10-14-8-5-12-6-13-11(8)15-10/h1-6,16H,(H,12,13,14,15). The molecule has 16 heavy (non-hydrogen) atoms. The number of nitrogens with one attached hydrogen (secondary N) is 1. The van der Waals surface area contributed by atoms with E-state index < -0.39 is 0 Å². The van der Waals surface area contributed by atoms with Crippen LogP contribution in [-0.2, 0) is 0 Å². The minimum Gasteiger partial charge on any atom is -0.507 e. The summed E-state index contributed by atoms with van der Waals surface area (Å²) in [6.07, 6.45) is 3.09. The minimum atomic E-state index is 0.189. The Balaban J connectivity index is 2.23. The van der Waals surface area contributed by atoms with Gasteiger partial charge in [0.2, 0.25) is 0 Å². The third kappa shape index (κ3) is 1.30. The van der Waals surface area contributed by atoms with Gasteiger partial charge in [0.25, 0.3) is 0 Å². The van der Waals surface area contributed by atoms with Gasteiger partial charge in [-0.2, -0.15) is 0 Å². The molecular weight excluding hydrogens is 204 g/mol. The third-order valence-corrected chi connectivity index (χ3v) is 2.32. The molecule has 2 N–H and O–H groups in total. The van der Waals surface area contributed by atoms with Crippen LogP contribution in [0.1, 0.15) is 0 Å². The lowest BCUT2D eigenvalue weighted by Crippen LogP contribution is -1.80. The van der Waals surface area contributed by atoms with Gasteiger partial charge in [-0.05, 0) is 12.1 Å². The number of benzene rings is 1. The molecule has 0 atom stereocenters. The number of hydrogen-bond acceptors (Lipinski definition) is 4. The summed E-state index contributed by atoms with van der Waals surface area (Å²) >= 11 is 0. The Labute approximate surface area is 90.8 Å². The zero-order valence-electron chi connectivity index (χ0n) is 8.25. The van der Waals surface area contributed by atoms with Gasteiger partial charge >= 0.3 is 0 Å². The quantitative estimate of drug-likeness (QED) is 0.644. The van der Waals surface area contributed by atoms with Crippen molar-refractivity contribution in [2.75, 3.05) is 0 Å². The molecule has 3 rings (SSSR count). The lowest BCUT2D eigenvalue weighted by Gasteiger charge is -1.98. The number of aromatic hydroxyl groups is 1. The molecule has 2 aromatic heterocycles. The second-order valence-corrected chi connectivity index (χ2v) is 3.36. The molecule has 0 radical (unpaired) electrons. The van der Waals surface area contributed by atoms with Crippen molar-refractivity contribution in [3.05, 3.63) is 36.8 Å². The smallest absolute Gasteiger partial charge is 0.181 e. The first-order valence-corrected chi connectivity index (χ1v) is 4.79. The maximum absolute atomic E-state index is 9.69. The number of fused-ring (bicyclic) bond motifs is 1. The van der Waals surface area contributed by atoms with Gasteiger partial charge in [-0.3, -0.25) is 0 Å². The Hall–Kier alpha value is -2.43. The lowest BCUT2D eigenvalue weighted by molar-refractivity contribution is 0.477. The summed E-state index contributed by atoms with van der Waals surface area (Å²) in [5, 5.41) is 9.69. The molecule has 0 spiro atoms. The van der Waals surface area contributed by atoms with Crippen molar-refractivity contribution in [3.8, 4) is 17.1 Å². The van der Waals surface area contributed by atoms with Crippen LogP contribution < -0.4 is 0 Å². The number of aromatic nitrogens is 4. The van der Waals surface area contributed by atoms with Crippen LogP contribution in [0.3, 0.4) is 0 Å². The third-order valence-electron chi connectivity index (χ3n) is 2.32. The van der Waals surface area contributed by atoms with E-state index in [1.165, 1.54) is 6.33 Å². The highest BCUT2D eigenvalue weighted by Gasteiger charge is 2.08. The Bertz CT molecular complexity index is 614. The summed E-state index contributed by atoms with van der Waals surface area (Å²) in [4.78, 5) is 15.3. The maximum Gasteiger partial charge on any atom is 0.181 e. The van der Waals surface area contributed by atoms with E-state index in [1.807, 2.05) is 6.07 Å². The molecule has 5 heteroatoms. The number of nitrogens with zero attached hydrogens (tertiary/aromatic N) is 3. The summed E-state index contributed by atoms with van der Waals surface area (Å²) < 4.78 is 0. The van der Waals surface area contributed by atoms with Gasteiger partial charge in [0.1, 0.15) is 23.4 Å². The van der Waals surface area contributed by atoms with E-state index in [2.05, 4.69) is 19.9 Å². The summed E-state index contributed by atoms with van der Waals surface area (Å²) in [6.45, 7) is 0. The molecule has 5 nitrogen and oxygen atoms in total. The SMILES string of the molecule is Oc1ccccc1-c1nc2ncncc2[nH]1. The average Bonchev–Trinajstić information content (AvgIpc) is 2.73. The van der Waals surface area contributed by atoms with Crippen LogP contribution in [0.5, 0.6) is 5.75 Å². The summed E-state index contributed by atoms with van der Waals surface area (Å²) in [5.74, 6) is 0.781. The topological polar surface area (TPSA) is 74.7 Å². The summed E-state index contributed by atoms with van der Waals surface area (Å²) in [5.41, 5.74) is 1.99. The fourth-order valence-electron chi connectivity index (χ4n) is 1.56. The predicted octanol–water partition coefficient (Wildman–Crippen LogP) is 1.73. The molecule has 0 saturated heterocycles. The fourth-order valence-corrected chi connectivity index (χ4v) is 1.56. The molecule has 1 aromatic carbocycles. The molecule has 0 bridgehead atoms. The van der Waals surface area contributed by atoms with E-state index >= 15 is 0 Å². The summed E-state index contributed by atoms with van der Waals surface area (Å²) in [7, 11) is 0. The number of aromatic amines is 1. The highest BCUT2D eigenvalue weighted by molar-refractivity contribution is 5.76. The first kappa shape index (κ1) is 8.84. The van der Waals surface area contributed by atoms with Crippen LogP contribution in [0.25, 0.3) is 22.6 Å². The normalized spacial score (nSPS) is 10.8. The second kappa shape index (κ2) is 3.30. The van der Waals surface area contributed by atoms with Crippen LogP contribution in [-0.4, -0.2) is 25.0 Å². The number of phenolic OH excluding ortho intramolecular Hbond substituents is 1. The molecule has 0 aliphatic carbocycles. The van der Waals surface area contributed by atoms with Crippen LogP contribution >= 0.6 is 0 Å². The highest BCUT2D eigenvalue weighted by atomic mass is 16.3. The van der Waals surface area contributed by atoms with Gasteiger partial charge in [0.15, 0.2) is 5.65 Å². The monoisotopic (exact) mass is 212 g/mol. The van der Waals surface area contributed by atoms with Crippen LogP contribution in [0.15, 0.2) is 36.8 Å². The van der Waals surface area contributed by atoms with Crippen molar-refractivity contribution in [1.82, 2.24) is 19.9 Å². The molecule has 2 heterocycles. The Morgan fingerprint density at radius 2 is 2.06 bits per heavy atom. The molecule has 0 saturated carbocycles. The van der Waals surface area contributed by atoms with Crippen molar-refractivity contribution in [1.29, 1.82) is 0 Å². The van der Waals surface area contributed by atoms with Crippen LogP contribution in [0, 0.1) is 0 Å². The van der Waals surface area contributed by atoms with Gasteiger partial charge in [-0.15, -0.1) is 0 Å².